The van der Waals surface area contributed by atoms with Gasteiger partial charge in [-0.05, 0) is 30.7 Å². The van der Waals surface area contributed by atoms with Crippen molar-refractivity contribution in [1.29, 1.82) is 0 Å². The second kappa shape index (κ2) is 7.86. The van der Waals surface area contributed by atoms with Crippen LogP contribution in [-0.4, -0.2) is 12.6 Å². The first kappa shape index (κ1) is 17.8. The van der Waals surface area contributed by atoms with Gasteiger partial charge in [0.1, 0.15) is 12.4 Å². The zero-order valence-electron chi connectivity index (χ0n) is 13.1. The van der Waals surface area contributed by atoms with E-state index in [0.29, 0.717) is 16.9 Å². The van der Waals surface area contributed by atoms with E-state index in [2.05, 4.69) is 0 Å². The maximum Gasteiger partial charge on any atom is 0.416 e. The molecule has 2 aromatic rings. The molecule has 0 spiro atoms. The van der Waals surface area contributed by atoms with E-state index in [9.17, 15) is 18.0 Å². The number of esters is 1. The summed E-state index contributed by atoms with van der Waals surface area (Å²) in [6.07, 6.45) is -4.34. The molecule has 0 aromatic heterocycles. The summed E-state index contributed by atoms with van der Waals surface area (Å²) in [4.78, 5) is 11.6. The second-order valence-corrected chi connectivity index (χ2v) is 5.08. The van der Waals surface area contributed by atoms with Gasteiger partial charge >= 0.3 is 12.1 Å². The summed E-state index contributed by atoms with van der Waals surface area (Å²) in [5.41, 5.74) is 0.307. The van der Waals surface area contributed by atoms with E-state index in [0.717, 1.165) is 12.1 Å². The highest BCUT2D eigenvalue weighted by atomic mass is 19.4. The molecule has 0 radical (unpaired) electrons. The molecule has 24 heavy (non-hydrogen) atoms. The molecule has 0 bridgehead atoms. The minimum Gasteiger partial charge on any atom is -0.489 e. The highest BCUT2D eigenvalue weighted by Gasteiger charge is 2.30. The third-order valence-corrected chi connectivity index (χ3v) is 3.26. The summed E-state index contributed by atoms with van der Waals surface area (Å²) < 4.78 is 48.6. The van der Waals surface area contributed by atoms with Crippen molar-refractivity contribution in [3.8, 4) is 5.75 Å². The molecule has 0 aliphatic rings. The Labute approximate surface area is 138 Å². The van der Waals surface area contributed by atoms with Gasteiger partial charge in [0.2, 0.25) is 0 Å². The molecule has 0 aliphatic heterocycles. The Hall–Kier alpha value is -2.50. The molecule has 128 valence electrons. The fourth-order valence-electron chi connectivity index (χ4n) is 2.16. The summed E-state index contributed by atoms with van der Waals surface area (Å²) in [6.45, 7) is 1.98. The number of hydrogen-bond acceptors (Lipinski definition) is 3. The number of halogens is 3. The van der Waals surface area contributed by atoms with Crippen LogP contribution in [0.15, 0.2) is 48.5 Å². The molecule has 0 heterocycles. The summed E-state index contributed by atoms with van der Waals surface area (Å²) in [5, 5.41) is 0. The fraction of sp³-hybridized carbons (Fsp3) is 0.278. The van der Waals surface area contributed by atoms with Gasteiger partial charge < -0.3 is 9.47 Å². The molecule has 0 aliphatic carbocycles. The van der Waals surface area contributed by atoms with E-state index < -0.39 is 11.7 Å². The van der Waals surface area contributed by atoms with E-state index in [4.69, 9.17) is 9.47 Å². The molecule has 0 unspecified atom stereocenters. The van der Waals surface area contributed by atoms with E-state index >= 15 is 0 Å². The number of hydrogen-bond donors (Lipinski definition) is 0. The molecular formula is C18H17F3O3. The molecule has 2 rings (SSSR count). The maximum atomic E-state index is 12.7. The molecule has 0 saturated heterocycles. The van der Waals surface area contributed by atoms with Gasteiger partial charge in [0, 0.05) is 5.56 Å². The maximum absolute atomic E-state index is 12.7. The van der Waals surface area contributed by atoms with Crippen LogP contribution in [0.5, 0.6) is 5.75 Å². The van der Waals surface area contributed by atoms with Gasteiger partial charge in [-0.1, -0.05) is 30.3 Å². The predicted molar refractivity (Wildman–Crippen MR) is 82.6 cm³/mol. The van der Waals surface area contributed by atoms with Crippen molar-refractivity contribution < 1.29 is 27.4 Å². The van der Waals surface area contributed by atoms with E-state index in [-0.39, 0.29) is 25.6 Å². The summed E-state index contributed by atoms with van der Waals surface area (Å²) in [5.74, 6) is 0.0654. The van der Waals surface area contributed by atoms with Crippen molar-refractivity contribution in [2.75, 3.05) is 6.61 Å². The standard InChI is InChI=1S/C18H17F3O3/c1-2-23-17(22)11-14-7-3-4-9-16(14)24-12-13-6-5-8-15(10-13)18(19,20)21/h3-10H,2,11-12H2,1H3. The second-order valence-electron chi connectivity index (χ2n) is 5.08. The van der Waals surface area contributed by atoms with E-state index in [1.54, 1.807) is 37.3 Å². The summed E-state index contributed by atoms with van der Waals surface area (Å²) in [6, 6.07) is 11.8. The lowest BCUT2D eigenvalue weighted by atomic mass is 10.1. The van der Waals surface area contributed by atoms with Crippen LogP contribution >= 0.6 is 0 Å². The smallest absolute Gasteiger partial charge is 0.416 e. The fourth-order valence-corrected chi connectivity index (χ4v) is 2.16. The van der Waals surface area contributed by atoms with Crippen LogP contribution in [0.2, 0.25) is 0 Å². The Kier molecular flexibility index (Phi) is 5.84. The van der Waals surface area contributed by atoms with Crippen molar-refractivity contribution in [3.05, 3.63) is 65.2 Å². The van der Waals surface area contributed by atoms with Crippen molar-refractivity contribution in [2.45, 2.75) is 26.1 Å². The highest BCUT2D eigenvalue weighted by Crippen LogP contribution is 2.30. The Morgan fingerprint density at radius 1 is 1.08 bits per heavy atom. The number of alkyl halides is 3. The van der Waals surface area contributed by atoms with Crippen LogP contribution < -0.4 is 4.74 Å². The molecule has 2 aromatic carbocycles. The average Bonchev–Trinajstić information content (AvgIpc) is 2.54. The number of ether oxygens (including phenoxy) is 2. The van der Waals surface area contributed by atoms with Crippen molar-refractivity contribution in [3.63, 3.8) is 0 Å². The monoisotopic (exact) mass is 338 g/mol. The molecule has 0 N–H and O–H groups in total. The van der Waals surface area contributed by atoms with E-state index in [1.807, 2.05) is 0 Å². The molecular weight excluding hydrogens is 321 g/mol. The van der Waals surface area contributed by atoms with Crippen LogP contribution in [0.25, 0.3) is 0 Å². The molecule has 6 heteroatoms. The normalized spacial score (nSPS) is 11.2. The van der Waals surface area contributed by atoms with Gasteiger partial charge in [-0.2, -0.15) is 13.2 Å². The summed E-state index contributed by atoms with van der Waals surface area (Å²) >= 11 is 0. The Bertz CT molecular complexity index is 696. The Balaban J connectivity index is 2.08. The lowest BCUT2D eigenvalue weighted by Gasteiger charge is -2.12. The van der Waals surface area contributed by atoms with Gasteiger partial charge in [-0.25, -0.2) is 0 Å². The van der Waals surface area contributed by atoms with Crippen LogP contribution in [0, 0.1) is 0 Å². The molecule has 0 fully saturated rings. The SMILES string of the molecule is CCOC(=O)Cc1ccccc1OCc1cccc(C(F)(F)F)c1. The topological polar surface area (TPSA) is 35.5 Å². The number of carbonyl (C=O) groups is 1. The largest absolute Gasteiger partial charge is 0.489 e. The summed E-state index contributed by atoms with van der Waals surface area (Å²) in [7, 11) is 0. The lowest BCUT2D eigenvalue weighted by molar-refractivity contribution is -0.142. The first-order chi connectivity index (χ1) is 11.4. The molecule has 0 amide bonds. The molecule has 3 nitrogen and oxygen atoms in total. The zero-order valence-corrected chi connectivity index (χ0v) is 13.1. The van der Waals surface area contributed by atoms with Crippen LogP contribution in [0.4, 0.5) is 13.2 Å². The lowest BCUT2D eigenvalue weighted by Crippen LogP contribution is -2.09. The minimum atomic E-state index is -4.39. The van der Waals surface area contributed by atoms with Gasteiger partial charge in [0.25, 0.3) is 0 Å². The van der Waals surface area contributed by atoms with Crippen LogP contribution in [-0.2, 0) is 28.7 Å². The van der Waals surface area contributed by atoms with Crippen molar-refractivity contribution in [2.24, 2.45) is 0 Å². The van der Waals surface area contributed by atoms with Crippen molar-refractivity contribution in [1.82, 2.24) is 0 Å². The Morgan fingerprint density at radius 3 is 2.54 bits per heavy atom. The first-order valence-corrected chi connectivity index (χ1v) is 7.42. The number of benzene rings is 2. The first-order valence-electron chi connectivity index (χ1n) is 7.42. The van der Waals surface area contributed by atoms with Crippen molar-refractivity contribution >= 4 is 5.97 Å². The van der Waals surface area contributed by atoms with Crippen LogP contribution in [0.3, 0.4) is 0 Å². The molecule has 0 atom stereocenters. The van der Waals surface area contributed by atoms with E-state index in [1.165, 1.54) is 6.07 Å². The number of carbonyl (C=O) groups excluding carboxylic acids is 1. The zero-order chi connectivity index (χ0) is 17.6. The third kappa shape index (κ3) is 5.01. The predicted octanol–water partition coefficient (Wildman–Crippen LogP) is 4.39. The van der Waals surface area contributed by atoms with Crippen LogP contribution in [0.1, 0.15) is 23.6 Å². The Morgan fingerprint density at radius 2 is 1.83 bits per heavy atom. The molecule has 0 saturated carbocycles. The quantitative estimate of drug-likeness (QED) is 0.733. The van der Waals surface area contributed by atoms with Gasteiger partial charge in [-0.15, -0.1) is 0 Å². The number of rotatable bonds is 6. The third-order valence-electron chi connectivity index (χ3n) is 3.26. The number of para-hydroxylation sites is 1. The van der Waals surface area contributed by atoms with Gasteiger partial charge in [0.05, 0.1) is 18.6 Å². The average molecular weight is 338 g/mol. The van der Waals surface area contributed by atoms with Gasteiger partial charge in [0.15, 0.2) is 0 Å². The highest BCUT2D eigenvalue weighted by molar-refractivity contribution is 5.73. The minimum absolute atomic E-state index is 0.0240. The van der Waals surface area contributed by atoms with Gasteiger partial charge in [-0.3, -0.25) is 4.79 Å².